The molecule has 0 aliphatic heterocycles. The van der Waals surface area contributed by atoms with Crippen molar-refractivity contribution in [2.45, 2.75) is 6.18 Å². The van der Waals surface area contributed by atoms with Gasteiger partial charge >= 0.3 is 12.1 Å². The van der Waals surface area contributed by atoms with E-state index in [1.165, 1.54) is 30.4 Å². The number of hydrogen-bond donors (Lipinski definition) is 1. The molecule has 2 rings (SSSR count). The van der Waals surface area contributed by atoms with Gasteiger partial charge in [-0.1, -0.05) is 12.1 Å². The van der Waals surface area contributed by atoms with Crippen LogP contribution >= 0.6 is 0 Å². The van der Waals surface area contributed by atoms with Crippen molar-refractivity contribution in [3.63, 3.8) is 0 Å². The SMILES string of the molecule is O=C(N/N=C\C=C\c1ccc([N+](=O)[O-])o1)c1ccccc1C(F)(F)F. The van der Waals surface area contributed by atoms with Crippen molar-refractivity contribution in [1.29, 1.82) is 0 Å². The second kappa shape index (κ2) is 7.43. The van der Waals surface area contributed by atoms with Crippen molar-refractivity contribution < 1.29 is 27.3 Å². The Bertz CT molecular complexity index is 841. The number of rotatable bonds is 5. The van der Waals surface area contributed by atoms with Crippen molar-refractivity contribution in [2.24, 2.45) is 5.10 Å². The molecule has 0 unspecified atom stereocenters. The van der Waals surface area contributed by atoms with E-state index in [9.17, 15) is 28.1 Å². The number of halogens is 3. The molecule has 1 aromatic carbocycles. The first-order chi connectivity index (χ1) is 11.8. The monoisotopic (exact) mass is 353 g/mol. The fourth-order valence-corrected chi connectivity index (χ4v) is 1.80. The number of benzene rings is 1. The average Bonchev–Trinajstić information content (AvgIpc) is 3.03. The summed E-state index contributed by atoms with van der Waals surface area (Å²) in [6, 6.07) is 6.81. The average molecular weight is 353 g/mol. The van der Waals surface area contributed by atoms with Crippen molar-refractivity contribution in [3.05, 3.63) is 69.5 Å². The molecule has 10 heteroatoms. The number of hydrazone groups is 1. The number of nitro groups is 1. The minimum atomic E-state index is -4.66. The van der Waals surface area contributed by atoms with Gasteiger partial charge in [-0.25, -0.2) is 5.43 Å². The lowest BCUT2D eigenvalue weighted by Gasteiger charge is -2.10. The van der Waals surface area contributed by atoms with Gasteiger partial charge in [0.1, 0.15) is 10.7 Å². The third kappa shape index (κ3) is 4.77. The van der Waals surface area contributed by atoms with Crippen molar-refractivity contribution in [2.75, 3.05) is 0 Å². The fourth-order valence-electron chi connectivity index (χ4n) is 1.80. The molecule has 0 bridgehead atoms. The molecule has 130 valence electrons. The van der Waals surface area contributed by atoms with E-state index >= 15 is 0 Å². The van der Waals surface area contributed by atoms with Crippen molar-refractivity contribution in [3.8, 4) is 0 Å². The topological polar surface area (TPSA) is 97.7 Å². The van der Waals surface area contributed by atoms with Gasteiger partial charge in [0.15, 0.2) is 0 Å². The van der Waals surface area contributed by atoms with E-state index in [-0.39, 0.29) is 5.76 Å². The van der Waals surface area contributed by atoms with Gasteiger partial charge < -0.3 is 4.42 Å². The molecule has 25 heavy (non-hydrogen) atoms. The Morgan fingerprint density at radius 1 is 1.24 bits per heavy atom. The highest BCUT2D eigenvalue weighted by atomic mass is 19.4. The Kier molecular flexibility index (Phi) is 5.32. The third-order valence-corrected chi connectivity index (χ3v) is 2.86. The van der Waals surface area contributed by atoms with Crippen LogP contribution < -0.4 is 5.43 Å². The van der Waals surface area contributed by atoms with Crippen LogP contribution in [0.4, 0.5) is 19.1 Å². The van der Waals surface area contributed by atoms with E-state index in [0.717, 1.165) is 24.4 Å². The first-order valence-corrected chi connectivity index (χ1v) is 6.69. The number of carbonyl (C=O) groups excluding carboxylic acids is 1. The maximum absolute atomic E-state index is 12.8. The van der Waals surface area contributed by atoms with Crippen LogP contribution in [0.3, 0.4) is 0 Å². The number of hydrogen-bond acceptors (Lipinski definition) is 5. The van der Waals surface area contributed by atoms with Gasteiger partial charge in [0, 0.05) is 6.21 Å². The fraction of sp³-hybridized carbons (Fsp3) is 0.0667. The van der Waals surface area contributed by atoms with Crippen LogP contribution in [0.1, 0.15) is 21.7 Å². The Balaban J connectivity index is 1.99. The summed E-state index contributed by atoms with van der Waals surface area (Å²) in [4.78, 5) is 21.5. The summed E-state index contributed by atoms with van der Waals surface area (Å²) in [6.07, 6.45) is -0.959. The zero-order chi connectivity index (χ0) is 18.4. The summed E-state index contributed by atoms with van der Waals surface area (Å²) in [6.45, 7) is 0. The molecule has 1 heterocycles. The van der Waals surface area contributed by atoms with Crippen molar-refractivity contribution in [1.82, 2.24) is 5.43 Å². The number of nitrogens with zero attached hydrogens (tertiary/aromatic N) is 2. The number of alkyl halides is 3. The maximum Gasteiger partial charge on any atom is 0.433 e. The molecule has 2 aromatic rings. The summed E-state index contributed by atoms with van der Waals surface area (Å²) >= 11 is 0. The first-order valence-electron chi connectivity index (χ1n) is 6.69. The Morgan fingerprint density at radius 2 is 1.96 bits per heavy atom. The Hall–Kier alpha value is -3.43. The molecular formula is C15H10F3N3O4. The van der Waals surface area contributed by atoms with Gasteiger partial charge in [0.25, 0.3) is 5.91 Å². The molecule has 0 aliphatic carbocycles. The lowest BCUT2D eigenvalue weighted by Crippen LogP contribution is -2.22. The molecule has 0 spiro atoms. The van der Waals surface area contributed by atoms with Gasteiger partial charge in [-0.3, -0.25) is 14.9 Å². The molecule has 1 aromatic heterocycles. The molecule has 1 N–H and O–H groups in total. The summed E-state index contributed by atoms with van der Waals surface area (Å²) in [7, 11) is 0. The number of furan rings is 1. The van der Waals surface area contributed by atoms with Crippen molar-refractivity contribution >= 4 is 24.1 Å². The third-order valence-electron chi connectivity index (χ3n) is 2.86. The predicted octanol–water partition coefficient (Wildman–Crippen LogP) is 3.64. The second-order valence-electron chi connectivity index (χ2n) is 4.55. The van der Waals surface area contributed by atoms with Crippen LogP contribution in [0.5, 0.6) is 0 Å². The lowest BCUT2D eigenvalue weighted by molar-refractivity contribution is -0.402. The van der Waals surface area contributed by atoms with Gasteiger partial charge in [0.05, 0.1) is 17.2 Å². The van der Waals surface area contributed by atoms with E-state index in [1.54, 1.807) is 0 Å². The van der Waals surface area contributed by atoms with E-state index in [0.29, 0.717) is 0 Å². The van der Waals surface area contributed by atoms with Crippen LogP contribution in [-0.2, 0) is 6.18 Å². The molecule has 7 nitrogen and oxygen atoms in total. The van der Waals surface area contributed by atoms with E-state index in [2.05, 4.69) is 5.10 Å². The summed E-state index contributed by atoms with van der Waals surface area (Å²) in [5.41, 5.74) is 0.336. The van der Waals surface area contributed by atoms with Crippen LogP contribution in [0.25, 0.3) is 6.08 Å². The smallest absolute Gasteiger partial charge is 0.401 e. The maximum atomic E-state index is 12.8. The first kappa shape index (κ1) is 17.9. The highest BCUT2D eigenvalue weighted by Crippen LogP contribution is 2.31. The molecule has 0 aliphatic rings. The highest BCUT2D eigenvalue weighted by molar-refractivity contribution is 5.96. The molecule has 0 radical (unpaired) electrons. The van der Waals surface area contributed by atoms with E-state index in [1.807, 2.05) is 5.43 Å². The minimum Gasteiger partial charge on any atom is -0.401 e. The normalized spacial score (nSPS) is 12.0. The molecule has 0 saturated carbocycles. The molecule has 0 atom stereocenters. The van der Waals surface area contributed by atoms with Crippen LogP contribution in [0, 0.1) is 10.1 Å². The number of allylic oxidation sites excluding steroid dienone is 1. The molecule has 1 amide bonds. The Labute approximate surface area is 138 Å². The van der Waals surface area contributed by atoms with Crippen LogP contribution in [-0.4, -0.2) is 17.0 Å². The van der Waals surface area contributed by atoms with Gasteiger partial charge in [0.2, 0.25) is 0 Å². The molecular weight excluding hydrogens is 343 g/mol. The van der Waals surface area contributed by atoms with Crippen LogP contribution in [0.2, 0.25) is 0 Å². The quantitative estimate of drug-likeness (QED) is 0.504. The minimum absolute atomic E-state index is 0.173. The zero-order valence-electron chi connectivity index (χ0n) is 12.4. The standard InChI is InChI=1S/C15H10F3N3O4/c16-15(17,18)12-6-2-1-5-11(12)14(22)20-19-9-3-4-10-7-8-13(25-10)21(23)24/h1-9H,(H,20,22)/b4-3+,19-9-. The predicted molar refractivity (Wildman–Crippen MR) is 81.8 cm³/mol. The summed E-state index contributed by atoms with van der Waals surface area (Å²) in [5.74, 6) is -1.29. The van der Waals surface area contributed by atoms with E-state index < -0.39 is 34.0 Å². The lowest BCUT2D eigenvalue weighted by atomic mass is 10.1. The van der Waals surface area contributed by atoms with Crippen LogP contribution in [0.15, 0.2) is 52.0 Å². The van der Waals surface area contributed by atoms with Gasteiger partial charge in [-0.05, 0) is 30.4 Å². The summed E-state index contributed by atoms with van der Waals surface area (Å²) < 4.78 is 43.3. The molecule has 0 saturated heterocycles. The number of amides is 1. The second-order valence-corrected chi connectivity index (χ2v) is 4.55. The largest absolute Gasteiger partial charge is 0.433 e. The molecule has 0 fully saturated rings. The number of carbonyl (C=O) groups is 1. The highest BCUT2D eigenvalue weighted by Gasteiger charge is 2.34. The van der Waals surface area contributed by atoms with E-state index in [4.69, 9.17) is 4.42 Å². The zero-order valence-corrected chi connectivity index (χ0v) is 12.4. The Morgan fingerprint density at radius 3 is 2.60 bits per heavy atom. The number of nitrogens with one attached hydrogen (secondary N) is 1. The van der Waals surface area contributed by atoms with Gasteiger partial charge in [-0.15, -0.1) is 0 Å². The van der Waals surface area contributed by atoms with Gasteiger partial charge in [-0.2, -0.15) is 18.3 Å². The summed E-state index contributed by atoms with van der Waals surface area (Å²) in [5, 5.41) is 13.9.